The highest BCUT2D eigenvalue weighted by molar-refractivity contribution is 6.07. The number of allylic oxidation sites excluding steroid dienone is 12. The van der Waals surface area contributed by atoms with E-state index in [1.165, 1.54) is 33.4 Å². The van der Waals surface area contributed by atoms with E-state index in [0.29, 0.717) is 6.42 Å². The molecule has 0 N–H and O–H groups in total. The Kier molecular flexibility index (Phi) is 1.94. The summed E-state index contributed by atoms with van der Waals surface area (Å²) in [6.45, 7) is 0. The fraction of sp³-hybridized carbons (Fsp3) is 0.100. The van der Waals surface area contributed by atoms with Crippen molar-refractivity contribution in [3.05, 3.63) is 94.9 Å². The smallest absolute Gasteiger partial charge is 0.101 e. The molecule has 0 saturated heterocycles. The fourth-order valence-corrected chi connectivity index (χ4v) is 4.11. The molecule has 21 heavy (non-hydrogen) atoms. The first-order chi connectivity index (χ1) is 10.3. The van der Waals surface area contributed by atoms with Gasteiger partial charge in [-0.25, -0.2) is 4.39 Å². The van der Waals surface area contributed by atoms with E-state index < -0.39 is 0 Å². The zero-order valence-electron chi connectivity index (χ0n) is 11.4. The maximum absolute atomic E-state index is 14.0. The molecule has 4 aliphatic rings. The first kappa shape index (κ1) is 11.3. The van der Waals surface area contributed by atoms with Crippen molar-refractivity contribution >= 4 is 11.1 Å². The van der Waals surface area contributed by atoms with E-state index in [1.54, 1.807) is 6.08 Å². The Balaban J connectivity index is 1.86. The van der Waals surface area contributed by atoms with Crippen molar-refractivity contribution in [2.45, 2.75) is 6.42 Å². The van der Waals surface area contributed by atoms with Gasteiger partial charge in [-0.15, -0.1) is 0 Å². The third-order valence-corrected chi connectivity index (χ3v) is 4.97. The van der Waals surface area contributed by atoms with Gasteiger partial charge < -0.3 is 0 Å². The van der Waals surface area contributed by atoms with Crippen molar-refractivity contribution < 1.29 is 4.39 Å². The van der Waals surface area contributed by atoms with Crippen molar-refractivity contribution in [3.8, 4) is 0 Å². The van der Waals surface area contributed by atoms with E-state index in [-0.39, 0.29) is 11.2 Å². The standard InChI is InChI=1S/C20H13F/c21-14-9-7-13-8-10-18-16-5-2-1-4-15(16)17-6-3-11-20(13,12-14)19(17)18/h1-11H,12H2. The molecule has 1 heteroatoms. The molecule has 100 valence electrons. The monoisotopic (exact) mass is 272 g/mol. The van der Waals surface area contributed by atoms with Gasteiger partial charge in [-0.05, 0) is 39.5 Å². The number of halogens is 1. The average Bonchev–Trinajstić information content (AvgIpc) is 2.84. The van der Waals surface area contributed by atoms with Crippen LogP contribution in [0, 0.1) is 5.41 Å². The van der Waals surface area contributed by atoms with E-state index in [9.17, 15) is 4.39 Å². The summed E-state index contributed by atoms with van der Waals surface area (Å²) in [5.41, 5.74) is 7.22. The molecule has 1 aromatic carbocycles. The lowest BCUT2D eigenvalue weighted by Gasteiger charge is -2.40. The minimum atomic E-state index is -0.313. The van der Waals surface area contributed by atoms with Gasteiger partial charge in [0.15, 0.2) is 0 Å². The van der Waals surface area contributed by atoms with Crippen LogP contribution in [0.5, 0.6) is 0 Å². The summed E-state index contributed by atoms with van der Waals surface area (Å²) in [5, 5.41) is 0. The second kappa shape index (κ2) is 3.62. The van der Waals surface area contributed by atoms with Gasteiger partial charge in [0.1, 0.15) is 5.83 Å². The predicted octanol–water partition coefficient (Wildman–Crippen LogP) is 5.15. The number of benzene rings is 1. The normalized spacial score (nSPS) is 27.6. The molecular formula is C20H13F. The molecule has 5 rings (SSSR count). The van der Waals surface area contributed by atoms with Gasteiger partial charge in [0.25, 0.3) is 0 Å². The second-order valence-corrected chi connectivity index (χ2v) is 5.99. The summed E-state index contributed by atoms with van der Waals surface area (Å²) in [6, 6.07) is 8.48. The third-order valence-electron chi connectivity index (χ3n) is 4.97. The van der Waals surface area contributed by atoms with Gasteiger partial charge in [-0.3, -0.25) is 0 Å². The van der Waals surface area contributed by atoms with E-state index in [1.807, 2.05) is 6.08 Å². The zero-order chi connectivity index (χ0) is 14.0. The van der Waals surface area contributed by atoms with Crippen LogP contribution in [0.3, 0.4) is 0 Å². The van der Waals surface area contributed by atoms with Crippen molar-refractivity contribution in [1.29, 1.82) is 0 Å². The summed E-state index contributed by atoms with van der Waals surface area (Å²) in [7, 11) is 0. The molecule has 1 unspecified atom stereocenters. The lowest BCUT2D eigenvalue weighted by atomic mass is 9.62. The molecule has 0 bridgehead atoms. The Morgan fingerprint density at radius 3 is 2.71 bits per heavy atom. The van der Waals surface area contributed by atoms with Crippen molar-refractivity contribution in [2.75, 3.05) is 0 Å². The summed E-state index contributed by atoms with van der Waals surface area (Å²) in [6.07, 6.45) is 14.7. The molecule has 0 heterocycles. The Bertz CT molecular complexity index is 871. The van der Waals surface area contributed by atoms with Gasteiger partial charge >= 0.3 is 0 Å². The zero-order valence-corrected chi connectivity index (χ0v) is 11.4. The lowest BCUT2D eigenvalue weighted by molar-refractivity contribution is 0.469. The van der Waals surface area contributed by atoms with Gasteiger partial charge in [0.05, 0.1) is 0 Å². The van der Waals surface area contributed by atoms with Gasteiger partial charge in [-0.1, -0.05) is 60.7 Å². The highest BCUT2D eigenvalue weighted by atomic mass is 19.1. The van der Waals surface area contributed by atoms with E-state index in [0.717, 1.165) is 0 Å². The SMILES string of the molecule is FC1=CC=C2C=CC3=C4C(=CC=CC24C1)c1ccccc13. The van der Waals surface area contributed by atoms with Gasteiger partial charge in [0, 0.05) is 11.8 Å². The summed E-state index contributed by atoms with van der Waals surface area (Å²) in [4.78, 5) is 0. The molecule has 0 fully saturated rings. The maximum atomic E-state index is 14.0. The predicted molar refractivity (Wildman–Crippen MR) is 83.9 cm³/mol. The van der Waals surface area contributed by atoms with Crippen LogP contribution < -0.4 is 0 Å². The van der Waals surface area contributed by atoms with Crippen molar-refractivity contribution in [2.24, 2.45) is 5.41 Å². The summed E-state index contributed by atoms with van der Waals surface area (Å²) >= 11 is 0. The largest absolute Gasteiger partial charge is 0.212 e. The highest BCUT2D eigenvalue weighted by Gasteiger charge is 2.46. The Morgan fingerprint density at radius 2 is 1.81 bits per heavy atom. The Labute approximate surface area is 123 Å². The topological polar surface area (TPSA) is 0 Å². The molecule has 1 aromatic rings. The highest BCUT2D eigenvalue weighted by Crippen LogP contribution is 2.60. The molecular weight excluding hydrogens is 259 g/mol. The average molecular weight is 272 g/mol. The molecule has 4 aliphatic carbocycles. The van der Waals surface area contributed by atoms with Crippen LogP contribution in [0.2, 0.25) is 0 Å². The summed E-state index contributed by atoms with van der Waals surface area (Å²) < 4.78 is 14.0. The number of rotatable bonds is 0. The Hall–Kier alpha value is -2.41. The maximum Gasteiger partial charge on any atom is 0.101 e. The van der Waals surface area contributed by atoms with Gasteiger partial charge in [-0.2, -0.15) is 0 Å². The quantitative estimate of drug-likeness (QED) is 0.613. The molecule has 0 amide bonds. The molecule has 0 aromatic heterocycles. The van der Waals surface area contributed by atoms with Crippen LogP contribution in [0.4, 0.5) is 4.39 Å². The van der Waals surface area contributed by atoms with Crippen LogP contribution in [0.1, 0.15) is 17.5 Å². The molecule has 0 radical (unpaired) electrons. The molecule has 0 saturated carbocycles. The van der Waals surface area contributed by atoms with Gasteiger partial charge in [0.2, 0.25) is 0 Å². The number of hydrogen-bond acceptors (Lipinski definition) is 0. The van der Waals surface area contributed by atoms with Crippen LogP contribution in [-0.2, 0) is 0 Å². The van der Waals surface area contributed by atoms with E-state index >= 15 is 0 Å². The lowest BCUT2D eigenvalue weighted by Crippen LogP contribution is -2.28. The molecule has 0 aliphatic heterocycles. The molecule has 1 spiro atoms. The second-order valence-electron chi connectivity index (χ2n) is 5.99. The van der Waals surface area contributed by atoms with Crippen LogP contribution in [0.15, 0.2) is 83.8 Å². The summed E-state index contributed by atoms with van der Waals surface area (Å²) in [5.74, 6) is -0.0391. The molecule has 1 atom stereocenters. The first-order valence-corrected chi connectivity index (χ1v) is 7.29. The number of fused-ring (bicyclic) bond motifs is 3. The van der Waals surface area contributed by atoms with E-state index in [4.69, 9.17) is 0 Å². The fourth-order valence-electron chi connectivity index (χ4n) is 4.11. The van der Waals surface area contributed by atoms with E-state index in [2.05, 4.69) is 54.6 Å². The van der Waals surface area contributed by atoms with Crippen LogP contribution in [-0.4, -0.2) is 0 Å². The number of hydrogen-bond donors (Lipinski definition) is 0. The minimum absolute atomic E-state index is 0.0391. The minimum Gasteiger partial charge on any atom is -0.212 e. The van der Waals surface area contributed by atoms with Crippen LogP contribution >= 0.6 is 0 Å². The van der Waals surface area contributed by atoms with Crippen molar-refractivity contribution in [3.63, 3.8) is 0 Å². The third kappa shape index (κ3) is 1.25. The van der Waals surface area contributed by atoms with Crippen molar-refractivity contribution in [1.82, 2.24) is 0 Å². The molecule has 0 nitrogen and oxygen atoms in total. The first-order valence-electron chi connectivity index (χ1n) is 7.29. The van der Waals surface area contributed by atoms with Crippen LogP contribution in [0.25, 0.3) is 11.1 Å². The Morgan fingerprint density at radius 1 is 0.952 bits per heavy atom.